The molecule has 0 bridgehead atoms. The Hall–Kier alpha value is -1.02. The fourth-order valence-electron chi connectivity index (χ4n) is 2.12. The third-order valence-electron chi connectivity index (χ3n) is 3.38. The number of rotatable bonds is 11. The van der Waals surface area contributed by atoms with Crippen molar-refractivity contribution in [3.05, 3.63) is 29.8 Å². The van der Waals surface area contributed by atoms with Crippen molar-refractivity contribution in [3.63, 3.8) is 0 Å². The molecule has 1 aromatic carbocycles. The van der Waals surface area contributed by atoms with Crippen LogP contribution < -0.4 is 10.1 Å². The standard InChI is InChI=1S/C18H31NO/c1-4-5-9-17-10-12-18(13-11-17)20-15-8-6-7-14-19-16(2)3/h10-13,16,19H,4-9,14-15H2,1-3H3. The fourth-order valence-corrected chi connectivity index (χ4v) is 2.12. The molecule has 0 aliphatic carbocycles. The Morgan fingerprint density at radius 1 is 1.00 bits per heavy atom. The van der Waals surface area contributed by atoms with Gasteiger partial charge in [-0.15, -0.1) is 0 Å². The van der Waals surface area contributed by atoms with Crippen LogP contribution in [0.2, 0.25) is 0 Å². The third-order valence-corrected chi connectivity index (χ3v) is 3.38. The van der Waals surface area contributed by atoms with E-state index in [1.165, 1.54) is 37.7 Å². The highest BCUT2D eigenvalue weighted by Gasteiger charge is 1.97. The smallest absolute Gasteiger partial charge is 0.119 e. The molecule has 20 heavy (non-hydrogen) atoms. The van der Waals surface area contributed by atoms with Crippen molar-refractivity contribution in [1.82, 2.24) is 5.32 Å². The summed E-state index contributed by atoms with van der Waals surface area (Å²) in [7, 11) is 0. The van der Waals surface area contributed by atoms with Gasteiger partial charge in [-0.3, -0.25) is 0 Å². The summed E-state index contributed by atoms with van der Waals surface area (Å²) in [5, 5.41) is 3.44. The van der Waals surface area contributed by atoms with E-state index in [0.29, 0.717) is 6.04 Å². The molecular weight excluding hydrogens is 246 g/mol. The molecule has 2 nitrogen and oxygen atoms in total. The van der Waals surface area contributed by atoms with Crippen molar-refractivity contribution in [3.8, 4) is 5.75 Å². The first-order valence-electron chi connectivity index (χ1n) is 8.17. The molecule has 0 aromatic heterocycles. The van der Waals surface area contributed by atoms with E-state index in [-0.39, 0.29) is 0 Å². The lowest BCUT2D eigenvalue weighted by Gasteiger charge is -2.09. The predicted molar refractivity (Wildman–Crippen MR) is 87.5 cm³/mol. The van der Waals surface area contributed by atoms with Crippen LogP contribution in [-0.2, 0) is 6.42 Å². The van der Waals surface area contributed by atoms with Gasteiger partial charge < -0.3 is 10.1 Å². The summed E-state index contributed by atoms with van der Waals surface area (Å²) in [5.41, 5.74) is 1.42. The van der Waals surface area contributed by atoms with E-state index in [9.17, 15) is 0 Å². The summed E-state index contributed by atoms with van der Waals surface area (Å²) in [4.78, 5) is 0. The van der Waals surface area contributed by atoms with Crippen molar-refractivity contribution in [2.45, 2.75) is 65.3 Å². The number of nitrogens with one attached hydrogen (secondary N) is 1. The molecule has 0 heterocycles. The molecule has 0 unspecified atom stereocenters. The second-order valence-corrected chi connectivity index (χ2v) is 5.77. The molecule has 0 amide bonds. The lowest BCUT2D eigenvalue weighted by molar-refractivity contribution is 0.304. The van der Waals surface area contributed by atoms with E-state index < -0.39 is 0 Å². The van der Waals surface area contributed by atoms with E-state index in [1.807, 2.05) is 0 Å². The molecule has 0 aliphatic rings. The maximum Gasteiger partial charge on any atom is 0.119 e. The van der Waals surface area contributed by atoms with Crippen LogP contribution >= 0.6 is 0 Å². The second kappa shape index (κ2) is 10.7. The van der Waals surface area contributed by atoms with Crippen LogP contribution in [0.5, 0.6) is 5.75 Å². The van der Waals surface area contributed by atoms with Gasteiger partial charge in [0.2, 0.25) is 0 Å². The number of hydrogen-bond acceptors (Lipinski definition) is 2. The van der Waals surface area contributed by atoms with Crippen molar-refractivity contribution >= 4 is 0 Å². The number of unbranched alkanes of at least 4 members (excludes halogenated alkanes) is 3. The lowest BCUT2D eigenvalue weighted by Crippen LogP contribution is -2.23. The molecule has 0 saturated carbocycles. The monoisotopic (exact) mass is 277 g/mol. The van der Waals surface area contributed by atoms with Gasteiger partial charge in [-0.1, -0.05) is 39.3 Å². The minimum Gasteiger partial charge on any atom is -0.494 e. The van der Waals surface area contributed by atoms with Crippen LogP contribution in [0.3, 0.4) is 0 Å². The quantitative estimate of drug-likeness (QED) is 0.598. The largest absolute Gasteiger partial charge is 0.494 e. The van der Waals surface area contributed by atoms with Crippen LogP contribution in [0.15, 0.2) is 24.3 Å². The molecule has 1 aromatic rings. The van der Waals surface area contributed by atoms with E-state index in [0.717, 1.165) is 25.3 Å². The van der Waals surface area contributed by atoms with Crippen molar-refractivity contribution in [2.75, 3.05) is 13.2 Å². The molecule has 2 heteroatoms. The van der Waals surface area contributed by atoms with Crippen LogP contribution in [0.1, 0.15) is 58.4 Å². The topological polar surface area (TPSA) is 21.3 Å². The summed E-state index contributed by atoms with van der Waals surface area (Å²) in [5.74, 6) is 1.01. The van der Waals surface area contributed by atoms with Gasteiger partial charge in [0.05, 0.1) is 6.61 Å². The van der Waals surface area contributed by atoms with E-state index >= 15 is 0 Å². The van der Waals surface area contributed by atoms with E-state index in [1.54, 1.807) is 0 Å². The average molecular weight is 277 g/mol. The van der Waals surface area contributed by atoms with Crippen LogP contribution in [0, 0.1) is 0 Å². The van der Waals surface area contributed by atoms with E-state index in [2.05, 4.69) is 50.4 Å². The SMILES string of the molecule is CCCCc1ccc(OCCCCCNC(C)C)cc1. The van der Waals surface area contributed by atoms with E-state index in [4.69, 9.17) is 4.74 Å². The summed E-state index contributed by atoms with van der Waals surface area (Å²) in [6, 6.07) is 9.18. The van der Waals surface area contributed by atoms with Gasteiger partial charge in [0.15, 0.2) is 0 Å². The Bertz CT molecular complexity index is 332. The average Bonchev–Trinajstić information content (AvgIpc) is 2.45. The van der Waals surface area contributed by atoms with Gasteiger partial charge in [0, 0.05) is 6.04 Å². The molecular formula is C18H31NO. The van der Waals surface area contributed by atoms with Gasteiger partial charge in [-0.25, -0.2) is 0 Å². The first kappa shape index (κ1) is 17.0. The normalized spacial score (nSPS) is 11.0. The molecule has 0 radical (unpaired) electrons. The molecule has 0 fully saturated rings. The molecule has 1 rings (SSSR count). The molecule has 0 aliphatic heterocycles. The van der Waals surface area contributed by atoms with Gasteiger partial charge in [0.25, 0.3) is 0 Å². The zero-order chi connectivity index (χ0) is 14.6. The highest BCUT2D eigenvalue weighted by Crippen LogP contribution is 2.14. The molecule has 0 saturated heterocycles. The van der Waals surface area contributed by atoms with Gasteiger partial charge in [-0.05, 0) is 56.3 Å². The maximum atomic E-state index is 5.77. The highest BCUT2D eigenvalue weighted by atomic mass is 16.5. The number of aryl methyl sites for hydroxylation is 1. The van der Waals surface area contributed by atoms with Gasteiger partial charge in [0.1, 0.15) is 5.75 Å². The van der Waals surface area contributed by atoms with Crippen molar-refractivity contribution in [1.29, 1.82) is 0 Å². The Balaban J connectivity index is 2.07. The number of ether oxygens (including phenoxy) is 1. The maximum absolute atomic E-state index is 5.77. The van der Waals surface area contributed by atoms with Crippen LogP contribution in [0.4, 0.5) is 0 Å². The molecule has 114 valence electrons. The highest BCUT2D eigenvalue weighted by molar-refractivity contribution is 5.27. The van der Waals surface area contributed by atoms with Crippen LogP contribution in [0.25, 0.3) is 0 Å². The fraction of sp³-hybridized carbons (Fsp3) is 0.667. The Labute approximate surface area is 124 Å². The summed E-state index contributed by atoms with van der Waals surface area (Å²) >= 11 is 0. The van der Waals surface area contributed by atoms with Gasteiger partial charge >= 0.3 is 0 Å². The second-order valence-electron chi connectivity index (χ2n) is 5.77. The lowest BCUT2D eigenvalue weighted by atomic mass is 10.1. The third kappa shape index (κ3) is 8.21. The predicted octanol–water partition coefficient (Wildman–Crippen LogP) is 4.58. The first-order valence-corrected chi connectivity index (χ1v) is 8.17. The minimum atomic E-state index is 0.595. The van der Waals surface area contributed by atoms with Crippen LogP contribution in [-0.4, -0.2) is 19.2 Å². The zero-order valence-electron chi connectivity index (χ0n) is 13.5. The molecule has 0 atom stereocenters. The summed E-state index contributed by atoms with van der Waals surface area (Å²) in [6.45, 7) is 8.55. The Kier molecular flexibility index (Phi) is 9.14. The summed E-state index contributed by atoms with van der Waals surface area (Å²) < 4.78 is 5.77. The number of benzene rings is 1. The first-order chi connectivity index (χ1) is 9.72. The van der Waals surface area contributed by atoms with Crippen molar-refractivity contribution in [2.24, 2.45) is 0 Å². The number of hydrogen-bond donors (Lipinski definition) is 1. The molecule has 0 spiro atoms. The summed E-state index contributed by atoms with van der Waals surface area (Å²) in [6.07, 6.45) is 7.30. The molecule has 1 N–H and O–H groups in total. The minimum absolute atomic E-state index is 0.595. The van der Waals surface area contributed by atoms with Gasteiger partial charge in [-0.2, -0.15) is 0 Å². The zero-order valence-corrected chi connectivity index (χ0v) is 13.5. The Morgan fingerprint density at radius 2 is 1.75 bits per heavy atom. The Morgan fingerprint density at radius 3 is 2.40 bits per heavy atom. The van der Waals surface area contributed by atoms with Crippen molar-refractivity contribution < 1.29 is 4.74 Å².